The lowest BCUT2D eigenvalue weighted by atomic mass is 10.2. The number of carbonyl (C=O) groups is 1. The molecular formula is C24H18N2O4S3. The fraction of sp³-hybridized carbons (Fsp3) is 0.0833. The Bertz CT molecular complexity index is 1240. The van der Waals surface area contributed by atoms with Gasteiger partial charge in [-0.05, 0) is 65.9 Å². The van der Waals surface area contributed by atoms with Crippen LogP contribution in [0, 0.1) is 10.1 Å². The highest BCUT2D eigenvalue weighted by Crippen LogP contribution is 2.37. The third-order valence-electron chi connectivity index (χ3n) is 4.84. The van der Waals surface area contributed by atoms with Crippen LogP contribution in [0.25, 0.3) is 6.08 Å². The van der Waals surface area contributed by atoms with Gasteiger partial charge in [-0.25, -0.2) is 0 Å². The topological polar surface area (TPSA) is 72.7 Å². The van der Waals surface area contributed by atoms with E-state index in [1.807, 2.05) is 60.9 Å². The second-order valence-electron chi connectivity index (χ2n) is 7.00. The maximum atomic E-state index is 13.0. The summed E-state index contributed by atoms with van der Waals surface area (Å²) in [7, 11) is 0. The number of hydrogen-bond acceptors (Lipinski definition) is 7. The van der Waals surface area contributed by atoms with E-state index in [-0.39, 0.29) is 11.6 Å². The highest BCUT2D eigenvalue weighted by molar-refractivity contribution is 8.27. The van der Waals surface area contributed by atoms with Crippen molar-refractivity contribution in [3.63, 3.8) is 0 Å². The molecule has 1 heterocycles. The van der Waals surface area contributed by atoms with E-state index in [0.717, 1.165) is 21.7 Å². The molecule has 9 heteroatoms. The molecule has 4 rings (SSSR count). The second kappa shape index (κ2) is 10.2. The molecule has 166 valence electrons. The molecule has 1 fully saturated rings. The zero-order valence-corrected chi connectivity index (χ0v) is 19.9. The summed E-state index contributed by atoms with van der Waals surface area (Å²) in [5, 5.41) is 10.7. The molecule has 0 saturated carbocycles. The van der Waals surface area contributed by atoms with Crippen molar-refractivity contribution < 1.29 is 14.5 Å². The van der Waals surface area contributed by atoms with Crippen LogP contribution in [0.3, 0.4) is 0 Å². The highest BCUT2D eigenvalue weighted by atomic mass is 32.2. The molecule has 1 amide bonds. The van der Waals surface area contributed by atoms with Crippen LogP contribution in [-0.2, 0) is 11.4 Å². The molecule has 0 spiro atoms. The molecule has 0 atom stereocenters. The molecule has 0 aromatic heterocycles. The number of carbonyl (C=O) groups excluding carboxylic acids is 1. The molecule has 0 unspecified atom stereocenters. The zero-order valence-electron chi connectivity index (χ0n) is 17.5. The van der Waals surface area contributed by atoms with E-state index in [9.17, 15) is 14.9 Å². The summed E-state index contributed by atoms with van der Waals surface area (Å²) in [6.07, 6.45) is 3.81. The number of ether oxygens (including phenoxy) is 1. The van der Waals surface area contributed by atoms with Gasteiger partial charge in [-0.15, -0.1) is 11.8 Å². The second-order valence-corrected chi connectivity index (χ2v) is 9.56. The molecule has 1 aliphatic heterocycles. The number of hydrogen-bond donors (Lipinski definition) is 0. The molecule has 0 radical (unpaired) electrons. The molecule has 0 bridgehead atoms. The average molecular weight is 495 g/mol. The Morgan fingerprint density at radius 3 is 2.52 bits per heavy atom. The average Bonchev–Trinajstić information content (AvgIpc) is 3.11. The highest BCUT2D eigenvalue weighted by Gasteiger charge is 2.33. The lowest BCUT2D eigenvalue weighted by Gasteiger charge is -2.15. The fourth-order valence-corrected chi connectivity index (χ4v) is 4.88. The number of nitrogens with zero attached hydrogens (tertiary/aromatic N) is 2. The van der Waals surface area contributed by atoms with Crippen LogP contribution in [0.2, 0.25) is 0 Å². The lowest BCUT2D eigenvalue weighted by Crippen LogP contribution is -2.27. The molecule has 3 aromatic rings. The maximum Gasteiger partial charge on any atom is 0.270 e. The van der Waals surface area contributed by atoms with Crippen LogP contribution in [0.4, 0.5) is 11.4 Å². The van der Waals surface area contributed by atoms with Crippen molar-refractivity contribution in [1.82, 2.24) is 0 Å². The summed E-state index contributed by atoms with van der Waals surface area (Å²) >= 11 is 8.35. The lowest BCUT2D eigenvalue weighted by molar-refractivity contribution is -0.384. The summed E-state index contributed by atoms with van der Waals surface area (Å²) < 4.78 is 6.27. The summed E-state index contributed by atoms with van der Waals surface area (Å²) in [4.78, 5) is 26.5. The Kier molecular flexibility index (Phi) is 7.12. The molecule has 1 aliphatic rings. The number of nitro groups is 1. The number of rotatable bonds is 7. The number of amides is 1. The van der Waals surface area contributed by atoms with Crippen molar-refractivity contribution in [2.45, 2.75) is 11.5 Å². The quantitative estimate of drug-likeness (QED) is 0.125. The third kappa shape index (κ3) is 5.44. The number of benzene rings is 3. The van der Waals surface area contributed by atoms with Gasteiger partial charge in [0, 0.05) is 17.0 Å². The number of nitro benzene ring substituents is 1. The van der Waals surface area contributed by atoms with Gasteiger partial charge in [0.15, 0.2) is 4.32 Å². The molecule has 6 nitrogen and oxygen atoms in total. The van der Waals surface area contributed by atoms with Gasteiger partial charge < -0.3 is 4.74 Å². The molecular weight excluding hydrogens is 476 g/mol. The smallest absolute Gasteiger partial charge is 0.270 e. The Morgan fingerprint density at radius 2 is 1.85 bits per heavy atom. The summed E-state index contributed by atoms with van der Waals surface area (Å²) in [6.45, 7) is 0.297. The third-order valence-corrected chi connectivity index (χ3v) is 6.86. The van der Waals surface area contributed by atoms with E-state index in [1.165, 1.54) is 23.9 Å². The SMILES string of the molecule is CSc1cccc(N2C(=O)/C(=C\c3ccc(OCc4ccc([N+](=O)[O-])cc4)cc3)SC2=S)c1. The van der Waals surface area contributed by atoms with Crippen molar-refractivity contribution in [3.8, 4) is 5.75 Å². The Morgan fingerprint density at radius 1 is 1.12 bits per heavy atom. The number of thioether (sulfide) groups is 2. The molecule has 0 N–H and O–H groups in total. The van der Waals surface area contributed by atoms with E-state index < -0.39 is 4.92 Å². The normalized spacial score (nSPS) is 14.7. The Balaban J connectivity index is 1.42. The number of thiocarbonyl (C=S) groups is 1. The number of non-ortho nitro benzene ring substituents is 1. The minimum Gasteiger partial charge on any atom is -0.489 e. The van der Waals surface area contributed by atoms with E-state index in [4.69, 9.17) is 17.0 Å². The predicted molar refractivity (Wildman–Crippen MR) is 138 cm³/mol. The van der Waals surface area contributed by atoms with E-state index in [0.29, 0.717) is 21.6 Å². The van der Waals surface area contributed by atoms with Crippen molar-refractivity contribution in [3.05, 3.63) is 98.9 Å². The van der Waals surface area contributed by atoms with E-state index in [1.54, 1.807) is 28.8 Å². The number of anilines is 1. The van der Waals surface area contributed by atoms with Crippen molar-refractivity contribution in [2.24, 2.45) is 0 Å². The molecule has 1 saturated heterocycles. The summed E-state index contributed by atoms with van der Waals surface area (Å²) in [5.41, 5.74) is 2.50. The first-order valence-corrected chi connectivity index (χ1v) is 12.3. The van der Waals surface area contributed by atoms with Crippen LogP contribution in [0.5, 0.6) is 5.75 Å². The monoisotopic (exact) mass is 494 g/mol. The minimum absolute atomic E-state index is 0.0467. The van der Waals surface area contributed by atoms with Crippen LogP contribution >= 0.6 is 35.7 Å². The van der Waals surface area contributed by atoms with Gasteiger partial charge in [0.1, 0.15) is 12.4 Å². The molecule has 0 aliphatic carbocycles. The minimum atomic E-state index is -0.432. The Hall–Kier alpha value is -3.14. The van der Waals surface area contributed by atoms with Gasteiger partial charge in [0.25, 0.3) is 11.6 Å². The van der Waals surface area contributed by atoms with Crippen molar-refractivity contribution >= 4 is 63.4 Å². The first kappa shape index (κ1) is 23.0. The molecule has 33 heavy (non-hydrogen) atoms. The van der Waals surface area contributed by atoms with Gasteiger partial charge in [-0.3, -0.25) is 19.8 Å². The van der Waals surface area contributed by atoms with E-state index in [2.05, 4.69) is 0 Å². The summed E-state index contributed by atoms with van der Waals surface area (Å²) in [6, 6.07) is 21.4. The van der Waals surface area contributed by atoms with Crippen LogP contribution < -0.4 is 9.64 Å². The van der Waals surface area contributed by atoms with Crippen molar-refractivity contribution in [2.75, 3.05) is 11.2 Å². The van der Waals surface area contributed by atoms with Crippen LogP contribution in [0.1, 0.15) is 11.1 Å². The van der Waals surface area contributed by atoms with E-state index >= 15 is 0 Å². The van der Waals surface area contributed by atoms with Gasteiger partial charge >= 0.3 is 0 Å². The fourth-order valence-electron chi connectivity index (χ4n) is 3.13. The van der Waals surface area contributed by atoms with Gasteiger partial charge in [-0.2, -0.15) is 0 Å². The van der Waals surface area contributed by atoms with Crippen molar-refractivity contribution in [1.29, 1.82) is 0 Å². The first-order valence-electron chi connectivity index (χ1n) is 9.83. The van der Waals surface area contributed by atoms with Gasteiger partial charge in [0.2, 0.25) is 0 Å². The van der Waals surface area contributed by atoms with Crippen LogP contribution in [0.15, 0.2) is 82.6 Å². The van der Waals surface area contributed by atoms with Gasteiger partial charge in [-0.1, -0.05) is 42.2 Å². The van der Waals surface area contributed by atoms with Gasteiger partial charge in [0.05, 0.1) is 15.5 Å². The molecule has 3 aromatic carbocycles. The standard InChI is InChI=1S/C24H18N2O4S3/c1-32-21-4-2-3-19(14-21)25-23(27)22(33-24(25)31)13-16-7-11-20(12-8-16)30-15-17-5-9-18(10-6-17)26(28)29/h2-14H,15H2,1H3/b22-13+. The summed E-state index contributed by atoms with van der Waals surface area (Å²) in [5.74, 6) is 0.522. The predicted octanol–water partition coefficient (Wildman–Crippen LogP) is 6.30. The first-order chi connectivity index (χ1) is 15.9. The van der Waals surface area contributed by atoms with Crippen LogP contribution in [-0.4, -0.2) is 21.4 Å². The maximum absolute atomic E-state index is 13.0. The largest absolute Gasteiger partial charge is 0.489 e. The Labute approximate surface area is 204 Å². The zero-order chi connectivity index (χ0) is 23.4.